The molecule has 3 nitrogen and oxygen atoms in total. The van der Waals surface area contributed by atoms with E-state index >= 15 is 0 Å². The number of hydrogen-bond acceptors (Lipinski definition) is 2. The molecule has 0 saturated carbocycles. The van der Waals surface area contributed by atoms with Crippen molar-refractivity contribution in [2.24, 2.45) is 0 Å². The van der Waals surface area contributed by atoms with Crippen molar-refractivity contribution in [2.75, 3.05) is 0 Å². The average molecular weight is 297 g/mol. The van der Waals surface area contributed by atoms with Gasteiger partial charge >= 0.3 is 0 Å². The third kappa shape index (κ3) is 2.73. The molecule has 1 aromatic heterocycles. The van der Waals surface area contributed by atoms with E-state index in [4.69, 9.17) is 11.6 Å². The van der Waals surface area contributed by atoms with Gasteiger partial charge in [0.25, 0.3) is 0 Å². The standard InChI is InChI=1S/C17H13ClN2O/c18-16-9-5-4-8-14(16)11-20-17(15(12-21)10-19-20)13-6-2-1-3-7-13/h1-10,12H,11H2. The molecule has 0 bridgehead atoms. The van der Waals surface area contributed by atoms with Gasteiger partial charge in [-0.3, -0.25) is 9.48 Å². The van der Waals surface area contributed by atoms with Crippen LogP contribution < -0.4 is 0 Å². The van der Waals surface area contributed by atoms with Gasteiger partial charge in [0.05, 0.1) is 24.0 Å². The van der Waals surface area contributed by atoms with Gasteiger partial charge in [-0.25, -0.2) is 0 Å². The van der Waals surface area contributed by atoms with E-state index in [-0.39, 0.29) is 0 Å². The number of hydrogen-bond donors (Lipinski definition) is 0. The van der Waals surface area contributed by atoms with Gasteiger partial charge in [0.2, 0.25) is 0 Å². The Labute approximate surface area is 127 Å². The van der Waals surface area contributed by atoms with Crippen molar-refractivity contribution in [3.63, 3.8) is 0 Å². The topological polar surface area (TPSA) is 34.9 Å². The predicted molar refractivity (Wildman–Crippen MR) is 83.6 cm³/mol. The highest BCUT2D eigenvalue weighted by Gasteiger charge is 2.13. The Kier molecular flexibility index (Phi) is 3.84. The van der Waals surface area contributed by atoms with Gasteiger partial charge in [0.1, 0.15) is 0 Å². The highest BCUT2D eigenvalue weighted by molar-refractivity contribution is 6.31. The van der Waals surface area contributed by atoms with Crippen LogP contribution in [0.2, 0.25) is 5.02 Å². The van der Waals surface area contributed by atoms with Gasteiger partial charge in [0.15, 0.2) is 6.29 Å². The van der Waals surface area contributed by atoms with Crippen molar-refractivity contribution >= 4 is 17.9 Å². The summed E-state index contributed by atoms with van der Waals surface area (Å²) in [5.41, 5.74) is 3.32. The zero-order valence-electron chi connectivity index (χ0n) is 11.2. The lowest BCUT2D eigenvalue weighted by Gasteiger charge is -2.10. The van der Waals surface area contributed by atoms with Crippen LogP contribution in [0.25, 0.3) is 11.3 Å². The Hall–Kier alpha value is -2.39. The second kappa shape index (κ2) is 5.94. The molecule has 3 aromatic rings. The Balaban J connectivity index is 2.06. The van der Waals surface area contributed by atoms with Crippen LogP contribution in [-0.4, -0.2) is 16.1 Å². The van der Waals surface area contributed by atoms with Crippen molar-refractivity contribution < 1.29 is 4.79 Å². The summed E-state index contributed by atoms with van der Waals surface area (Å²) in [6.45, 7) is 0.526. The van der Waals surface area contributed by atoms with Crippen LogP contribution >= 0.6 is 11.6 Å². The maximum absolute atomic E-state index is 11.3. The summed E-state index contributed by atoms with van der Waals surface area (Å²) in [6, 6.07) is 17.4. The van der Waals surface area contributed by atoms with Crippen LogP contribution in [0.5, 0.6) is 0 Å². The van der Waals surface area contributed by atoms with E-state index in [2.05, 4.69) is 5.10 Å². The number of aromatic nitrogens is 2. The third-order valence-corrected chi connectivity index (χ3v) is 3.69. The average Bonchev–Trinajstić information content (AvgIpc) is 2.93. The number of benzene rings is 2. The number of rotatable bonds is 4. The van der Waals surface area contributed by atoms with Gasteiger partial charge in [-0.1, -0.05) is 60.1 Å². The maximum Gasteiger partial charge on any atom is 0.153 e. The molecule has 0 spiro atoms. The Morgan fingerprint density at radius 3 is 2.48 bits per heavy atom. The fourth-order valence-electron chi connectivity index (χ4n) is 2.31. The zero-order chi connectivity index (χ0) is 14.7. The van der Waals surface area contributed by atoms with E-state index in [9.17, 15) is 4.79 Å². The van der Waals surface area contributed by atoms with Crippen molar-refractivity contribution in [3.05, 3.63) is 76.9 Å². The molecule has 0 N–H and O–H groups in total. The van der Waals surface area contributed by atoms with Gasteiger partial charge in [-0.15, -0.1) is 0 Å². The first-order valence-electron chi connectivity index (χ1n) is 6.59. The molecule has 0 atom stereocenters. The molecule has 4 heteroatoms. The van der Waals surface area contributed by atoms with Crippen molar-refractivity contribution in [1.82, 2.24) is 9.78 Å². The molecule has 0 fully saturated rings. The van der Waals surface area contributed by atoms with Crippen LogP contribution in [0.4, 0.5) is 0 Å². The number of halogens is 1. The maximum atomic E-state index is 11.3. The minimum absolute atomic E-state index is 0.526. The third-order valence-electron chi connectivity index (χ3n) is 3.32. The fraction of sp³-hybridized carbons (Fsp3) is 0.0588. The lowest BCUT2D eigenvalue weighted by Crippen LogP contribution is -2.04. The summed E-state index contributed by atoms with van der Waals surface area (Å²) in [4.78, 5) is 11.3. The molecule has 0 amide bonds. The normalized spacial score (nSPS) is 10.5. The molecular weight excluding hydrogens is 284 g/mol. The molecule has 104 valence electrons. The van der Waals surface area contributed by atoms with Gasteiger partial charge in [-0.05, 0) is 11.6 Å². The van der Waals surface area contributed by atoms with Crippen LogP contribution in [0.15, 0.2) is 60.8 Å². The fourth-order valence-corrected chi connectivity index (χ4v) is 2.50. The quantitative estimate of drug-likeness (QED) is 0.680. The number of nitrogens with zero attached hydrogens (tertiary/aromatic N) is 2. The molecule has 3 rings (SSSR count). The SMILES string of the molecule is O=Cc1cnn(Cc2ccccc2Cl)c1-c1ccccc1. The summed E-state index contributed by atoms with van der Waals surface area (Å²) in [6.07, 6.45) is 2.42. The molecule has 0 aliphatic carbocycles. The van der Waals surface area contributed by atoms with Crippen LogP contribution in [0.3, 0.4) is 0 Å². The van der Waals surface area contributed by atoms with E-state index in [1.807, 2.05) is 54.6 Å². The molecule has 2 aromatic carbocycles. The summed E-state index contributed by atoms with van der Waals surface area (Å²) >= 11 is 6.20. The summed E-state index contributed by atoms with van der Waals surface area (Å²) in [5, 5.41) is 5.02. The Bertz CT molecular complexity index is 765. The molecule has 1 heterocycles. The Morgan fingerprint density at radius 1 is 1.05 bits per heavy atom. The largest absolute Gasteiger partial charge is 0.298 e. The van der Waals surface area contributed by atoms with E-state index in [1.54, 1.807) is 10.9 Å². The van der Waals surface area contributed by atoms with Crippen molar-refractivity contribution in [2.45, 2.75) is 6.54 Å². The first-order valence-corrected chi connectivity index (χ1v) is 6.97. The minimum atomic E-state index is 0.526. The molecule has 0 aliphatic rings. The number of aldehydes is 1. The summed E-state index contributed by atoms with van der Waals surface area (Å²) in [7, 11) is 0. The van der Waals surface area contributed by atoms with E-state index in [1.165, 1.54) is 0 Å². The lowest BCUT2D eigenvalue weighted by atomic mass is 10.1. The van der Waals surface area contributed by atoms with Gasteiger partial charge in [-0.2, -0.15) is 5.10 Å². The molecular formula is C17H13ClN2O. The van der Waals surface area contributed by atoms with E-state index in [0.29, 0.717) is 17.1 Å². The van der Waals surface area contributed by atoms with E-state index < -0.39 is 0 Å². The smallest absolute Gasteiger partial charge is 0.153 e. The monoisotopic (exact) mass is 296 g/mol. The second-order valence-corrected chi connectivity index (χ2v) is 5.09. The van der Waals surface area contributed by atoms with Crippen LogP contribution in [-0.2, 0) is 6.54 Å². The number of carbonyl (C=O) groups excluding carboxylic acids is 1. The summed E-state index contributed by atoms with van der Waals surface area (Å²) in [5.74, 6) is 0. The highest BCUT2D eigenvalue weighted by atomic mass is 35.5. The molecule has 21 heavy (non-hydrogen) atoms. The zero-order valence-corrected chi connectivity index (χ0v) is 12.0. The molecule has 0 radical (unpaired) electrons. The molecule has 0 unspecified atom stereocenters. The van der Waals surface area contributed by atoms with E-state index in [0.717, 1.165) is 23.1 Å². The van der Waals surface area contributed by atoms with Crippen LogP contribution in [0.1, 0.15) is 15.9 Å². The van der Waals surface area contributed by atoms with Gasteiger partial charge in [0, 0.05) is 10.6 Å². The highest BCUT2D eigenvalue weighted by Crippen LogP contribution is 2.24. The van der Waals surface area contributed by atoms with Gasteiger partial charge < -0.3 is 0 Å². The second-order valence-electron chi connectivity index (χ2n) is 4.68. The molecule has 0 saturated heterocycles. The molecule has 0 aliphatic heterocycles. The first kappa shape index (κ1) is 13.6. The minimum Gasteiger partial charge on any atom is -0.298 e. The number of carbonyl (C=O) groups is 1. The Morgan fingerprint density at radius 2 is 1.76 bits per heavy atom. The first-order chi connectivity index (χ1) is 10.3. The lowest BCUT2D eigenvalue weighted by molar-refractivity contribution is 0.112. The predicted octanol–water partition coefficient (Wildman–Crippen LogP) is 4.06. The van der Waals surface area contributed by atoms with Crippen molar-refractivity contribution in [1.29, 1.82) is 0 Å². The van der Waals surface area contributed by atoms with Crippen LogP contribution in [0, 0.1) is 0 Å². The van der Waals surface area contributed by atoms with Crippen molar-refractivity contribution in [3.8, 4) is 11.3 Å². The summed E-state index contributed by atoms with van der Waals surface area (Å²) < 4.78 is 1.81.